The molecule has 1 aliphatic heterocycles. The van der Waals surface area contributed by atoms with Gasteiger partial charge in [0.25, 0.3) is 0 Å². The first-order valence-electron chi connectivity index (χ1n) is 8.79. The van der Waals surface area contributed by atoms with E-state index in [1.165, 1.54) is 5.56 Å². The predicted octanol–water partition coefficient (Wildman–Crippen LogP) is 3.39. The summed E-state index contributed by atoms with van der Waals surface area (Å²) in [7, 11) is 1.89. The van der Waals surface area contributed by atoms with Crippen LogP contribution in [0.1, 0.15) is 24.4 Å². The molecule has 0 saturated carbocycles. The van der Waals surface area contributed by atoms with Crippen LogP contribution in [0, 0.1) is 0 Å². The molecule has 5 nitrogen and oxygen atoms in total. The van der Waals surface area contributed by atoms with Crippen LogP contribution < -0.4 is 10.6 Å². The van der Waals surface area contributed by atoms with E-state index in [4.69, 9.17) is 0 Å². The zero-order valence-corrected chi connectivity index (χ0v) is 14.4. The van der Waals surface area contributed by atoms with Gasteiger partial charge in [-0.2, -0.15) is 5.10 Å². The van der Waals surface area contributed by atoms with Crippen molar-refractivity contribution in [1.82, 2.24) is 20.1 Å². The lowest BCUT2D eigenvalue weighted by atomic mass is 9.93. The quantitative estimate of drug-likeness (QED) is 0.768. The molecule has 1 aromatic heterocycles. The smallest absolute Gasteiger partial charge is 0.181 e. The first kappa shape index (κ1) is 15.8. The zero-order valence-electron chi connectivity index (χ0n) is 14.4. The molecular formula is C20H23N5. The minimum atomic E-state index is 0.410. The molecule has 0 amide bonds. The minimum Gasteiger partial charge on any atom is -0.382 e. The first-order valence-corrected chi connectivity index (χ1v) is 8.79. The van der Waals surface area contributed by atoms with Crippen LogP contribution >= 0.6 is 0 Å². The van der Waals surface area contributed by atoms with Crippen molar-refractivity contribution < 1.29 is 0 Å². The van der Waals surface area contributed by atoms with Crippen LogP contribution in [-0.2, 0) is 7.05 Å². The highest BCUT2D eigenvalue weighted by Crippen LogP contribution is 2.26. The summed E-state index contributed by atoms with van der Waals surface area (Å²) in [5.74, 6) is 0.763. The van der Waals surface area contributed by atoms with Gasteiger partial charge in [0.2, 0.25) is 0 Å². The third-order valence-corrected chi connectivity index (χ3v) is 4.70. The summed E-state index contributed by atoms with van der Waals surface area (Å²) in [6.07, 6.45) is 3.93. The van der Waals surface area contributed by atoms with Gasteiger partial charge in [0.1, 0.15) is 6.33 Å². The Balaban J connectivity index is 1.47. The summed E-state index contributed by atoms with van der Waals surface area (Å²) in [4.78, 5) is 4.34. The van der Waals surface area contributed by atoms with Gasteiger partial charge in [0, 0.05) is 30.4 Å². The van der Waals surface area contributed by atoms with Crippen molar-refractivity contribution in [2.24, 2.45) is 7.05 Å². The molecule has 1 saturated heterocycles. The molecule has 4 rings (SSSR count). The lowest BCUT2D eigenvalue weighted by molar-refractivity contribution is 0.384. The van der Waals surface area contributed by atoms with Crippen molar-refractivity contribution in [3.8, 4) is 11.4 Å². The summed E-state index contributed by atoms with van der Waals surface area (Å²) in [5.41, 5.74) is 3.53. The molecule has 2 atom stereocenters. The summed E-state index contributed by atoms with van der Waals surface area (Å²) in [6.45, 7) is 1.03. The number of benzene rings is 2. The largest absolute Gasteiger partial charge is 0.382 e. The monoisotopic (exact) mass is 333 g/mol. The van der Waals surface area contributed by atoms with E-state index in [9.17, 15) is 0 Å². The summed E-state index contributed by atoms with van der Waals surface area (Å²) < 4.78 is 1.73. The van der Waals surface area contributed by atoms with Gasteiger partial charge in [-0.05, 0) is 37.1 Å². The van der Waals surface area contributed by atoms with E-state index in [2.05, 4.69) is 75.3 Å². The van der Waals surface area contributed by atoms with Gasteiger partial charge in [0.05, 0.1) is 0 Å². The molecule has 2 aromatic carbocycles. The van der Waals surface area contributed by atoms with Crippen molar-refractivity contribution >= 4 is 5.69 Å². The number of aromatic nitrogens is 3. The molecule has 1 fully saturated rings. The van der Waals surface area contributed by atoms with Gasteiger partial charge in [-0.3, -0.25) is 4.68 Å². The first-order chi connectivity index (χ1) is 12.3. The Hall–Kier alpha value is -2.66. The lowest BCUT2D eigenvalue weighted by Crippen LogP contribution is -2.38. The number of nitrogens with zero attached hydrogens (tertiary/aromatic N) is 3. The van der Waals surface area contributed by atoms with Crippen LogP contribution in [0.25, 0.3) is 11.4 Å². The van der Waals surface area contributed by atoms with Crippen molar-refractivity contribution in [1.29, 1.82) is 0 Å². The zero-order chi connectivity index (χ0) is 17.1. The fourth-order valence-corrected chi connectivity index (χ4v) is 3.44. The van der Waals surface area contributed by atoms with Crippen molar-refractivity contribution in [2.45, 2.75) is 24.9 Å². The molecule has 2 heterocycles. The number of piperidine rings is 1. The van der Waals surface area contributed by atoms with E-state index >= 15 is 0 Å². The van der Waals surface area contributed by atoms with E-state index in [-0.39, 0.29) is 0 Å². The Labute approximate surface area is 148 Å². The summed E-state index contributed by atoms with van der Waals surface area (Å²) >= 11 is 0. The normalized spacial score (nSPS) is 20.4. The molecule has 0 radical (unpaired) electrons. The highest BCUT2D eigenvalue weighted by atomic mass is 15.3. The predicted molar refractivity (Wildman–Crippen MR) is 100 cm³/mol. The number of rotatable bonds is 4. The fourth-order valence-electron chi connectivity index (χ4n) is 3.44. The van der Waals surface area contributed by atoms with E-state index in [1.54, 1.807) is 11.0 Å². The van der Waals surface area contributed by atoms with Crippen LogP contribution in [0.2, 0.25) is 0 Å². The Morgan fingerprint density at radius 2 is 2.00 bits per heavy atom. The Bertz CT molecular complexity index is 827. The van der Waals surface area contributed by atoms with Crippen LogP contribution in [0.4, 0.5) is 5.69 Å². The molecule has 0 unspecified atom stereocenters. The molecule has 3 aromatic rings. The SMILES string of the molecule is Cn1cnc(-c2cccc(N[C@@H]3CCN[C@H](c4ccccc4)C3)c2)n1. The molecule has 2 N–H and O–H groups in total. The van der Waals surface area contributed by atoms with Crippen molar-refractivity contribution in [3.63, 3.8) is 0 Å². The third kappa shape index (κ3) is 3.72. The highest BCUT2D eigenvalue weighted by Gasteiger charge is 2.22. The summed E-state index contributed by atoms with van der Waals surface area (Å²) in [5, 5.41) is 11.7. The average Bonchev–Trinajstić information content (AvgIpc) is 3.09. The molecule has 0 spiro atoms. The second-order valence-corrected chi connectivity index (χ2v) is 6.61. The molecule has 25 heavy (non-hydrogen) atoms. The molecule has 128 valence electrons. The van der Waals surface area contributed by atoms with Gasteiger partial charge >= 0.3 is 0 Å². The van der Waals surface area contributed by atoms with Crippen LogP contribution in [0.15, 0.2) is 60.9 Å². The average molecular weight is 333 g/mol. The van der Waals surface area contributed by atoms with Crippen LogP contribution in [0.3, 0.4) is 0 Å². The van der Waals surface area contributed by atoms with Gasteiger partial charge in [-0.15, -0.1) is 0 Å². The van der Waals surface area contributed by atoms with E-state index in [0.29, 0.717) is 12.1 Å². The van der Waals surface area contributed by atoms with Gasteiger partial charge in [0.15, 0.2) is 5.82 Å². The Morgan fingerprint density at radius 1 is 1.12 bits per heavy atom. The Morgan fingerprint density at radius 3 is 2.80 bits per heavy atom. The van der Waals surface area contributed by atoms with Gasteiger partial charge in [-0.1, -0.05) is 42.5 Å². The van der Waals surface area contributed by atoms with Crippen molar-refractivity contribution in [3.05, 3.63) is 66.5 Å². The standard InChI is InChI=1S/C20H23N5/c1-25-14-22-20(24-25)16-8-5-9-17(12-16)23-18-10-11-21-19(13-18)15-6-3-2-4-7-15/h2-9,12,14,18-19,21,23H,10-11,13H2,1H3/t18-,19+/m1/s1. The molecule has 1 aliphatic rings. The maximum absolute atomic E-state index is 4.39. The maximum atomic E-state index is 4.39. The number of aryl methyl sites for hydroxylation is 1. The van der Waals surface area contributed by atoms with E-state index in [1.807, 2.05) is 7.05 Å². The molecular weight excluding hydrogens is 310 g/mol. The second kappa shape index (κ2) is 7.07. The fraction of sp³-hybridized carbons (Fsp3) is 0.300. The lowest BCUT2D eigenvalue weighted by Gasteiger charge is -2.32. The van der Waals surface area contributed by atoms with E-state index in [0.717, 1.165) is 36.5 Å². The highest BCUT2D eigenvalue weighted by molar-refractivity contribution is 5.62. The molecule has 0 aliphatic carbocycles. The molecule has 0 bridgehead atoms. The second-order valence-electron chi connectivity index (χ2n) is 6.61. The van der Waals surface area contributed by atoms with Gasteiger partial charge in [-0.25, -0.2) is 4.98 Å². The topological polar surface area (TPSA) is 54.8 Å². The van der Waals surface area contributed by atoms with E-state index < -0.39 is 0 Å². The minimum absolute atomic E-state index is 0.410. The maximum Gasteiger partial charge on any atom is 0.181 e. The molecule has 5 heteroatoms. The number of hydrogen-bond donors (Lipinski definition) is 2. The van der Waals surface area contributed by atoms with Crippen LogP contribution in [-0.4, -0.2) is 27.4 Å². The number of hydrogen-bond acceptors (Lipinski definition) is 4. The summed E-state index contributed by atoms with van der Waals surface area (Å²) in [6, 6.07) is 19.9. The Kier molecular flexibility index (Phi) is 4.48. The third-order valence-electron chi connectivity index (χ3n) is 4.70. The number of anilines is 1. The van der Waals surface area contributed by atoms with Crippen LogP contribution in [0.5, 0.6) is 0 Å². The van der Waals surface area contributed by atoms with Gasteiger partial charge < -0.3 is 10.6 Å². The van der Waals surface area contributed by atoms with Crippen molar-refractivity contribution in [2.75, 3.05) is 11.9 Å². The number of nitrogens with one attached hydrogen (secondary N) is 2.